The molecule has 1 fully saturated rings. The second-order valence-electron chi connectivity index (χ2n) is 4.32. The summed E-state index contributed by atoms with van der Waals surface area (Å²) in [5.74, 6) is -0.100. The molecule has 0 saturated heterocycles. The molecule has 3 N–H and O–H groups in total. The number of aromatic nitrogens is 1. The smallest absolute Gasteiger partial charge is 0.270 e. The van der Waals surface area contributed by atoms with Crippen molar-refractivity contribution >= 4 is 23.4 Å². The highest BCUT2D eigenvalue weighted by Crippen LogP contribution is 2.28. The van der Waals surface area contributed by atoms with Crippen LogP contribution in [0.25, 0.3) is 0 Å². The highest BCUT2D eigenvalue weighted by atomic mass is 32.2. The molecule has 17 heavy (non-hydrogen) atoms. The summed E-state index contributed by atoms with van der Waals surface area (Å²) in [6.45, 7) is 0. The lowest BCUT2D eigenvalue weighted by atomic mass is 10.2. The fraction of sp³-hybridized carbons (Fsp3) is 0.500. The molecule has 1 aliphatic carbocycles. The molecule has 0 aromatic carbocycles. The molecular formula is C12H17N3OS. The Bertz CT molecular complexity index is 393. The molecule has 4 nitrogen and oxygen atoms in total. The highest BCUT2D eigenvalue weighted by Gasteiger charge is 2.25. The van der Waals surface area contributed by atoms with Crippen molar-refractivity contribution in [3.63, 3.8) is 0 Å². The number of carbonyl (C=O) groups excluding carboxylic acids is 1. The van der Waals surface area contributed by atoms with Crippen molar-refractivity contribution in [2.75, 3.05) is 12.0 Å². The van der Waals surface area contributed by atoms with Gasteiger partial charge in [0.05, 0.1) is 11.9 Å². The van der Waals surface area contributed by atoms with Gasteiger partial charge in [0.15, 0.2) is 0 Å². The van der Waals surface area contributed by atoms with Gasteiger partial charge in [0.25, 0.3) is 5.91 Å². The SMILES string of the molecule is CSC1CCC(NC(=O)c2ccc(N)cn2)C1. The zero-order chi connectivity index (χ0) is 12.3. The topological polar surface area (TPSA) is 68.0 Å². The summed E-state index contributed by atoms with van der Waals surface area (Å²) in [5.41, 5.74) is 6.54. The van der Waals surface area contributed by atoms with Crippen molar-refractivity contribution in [3.05, 3.63) is 24.0 Å². The zero-order valence-electron chi connectivity index (χ0n) is 9.85. The number of rotatable bonds is 3. The summed E-state index contributed by atoms with van der Waals surface area (Å²) in [5, 5.41) is 3.70. The van der Waals surface area contributed by atoms with Gasteiger partial charge in [0.1, 0.15) is 5.69 Å². The Labute approximate surface area is 105 Å². The molecule has 0 aliphatic heterocycles. The summed E-state index contributed by atoms with van der Waals surface area (Å²) >= 11 is 1.88. The van der Waals surface area contributed by atoms with Crippen molar-refractivity contribution in [2.24, 2.45) is 0 Å². The molecule has 1 aliphatic rings. The summed E-state index contributed by atoms with van der Waals surface area (Å²) in [4.78, 5) is 15.9. The Hall–Kier alpha value is -1.23. The number of carbonyl (C=O) groups is 1. The average molecular weight is 251 g/mol. The van der Waals surface area contributed by atoms with Gasteiger partial charge in [-0.1, -0.05) is 0 Å². The van der Waals surface area contributed by atoms with Gasteiger partial charge in [-0.25, -0.2) is 4.98 Å². The average Bonchev–Trinajstić information content (AvgIpc) is 2.77. The van der Waals surface area contributed by atoms with Crippen molar-refractivity contribution in [1.82, 2.24) is 10.3 Å². The number of nitrogen functional groups attached to an aromatic ring is 1. The van der Waals surface area contributed by atoms with E-state index in [9.17, 15) is 4.79 Å². The van der Waals surface area contributed by atoms with Crippen LogP contribution in [0, 0.1) is 0 Å². The first kappa shape index (κ1) is 12.2. The van der Waals surface area contributed by atoms with E-state index in [0.29, 0.717) is 22.7 Å². The quantitative estimate of drug-likeness (QED) is 0.857. The number of anilines is 1. The molecule has 2 rings (SSSR count). The molecule has 2 unspecified atom stereocenters. The molecule has 0 radical (unpaired) electrons. The van der Waals surface area contributed by atoms with Gasteiger partial charge in [-0.15, -0.1) is 0 Å². The summed E-state index contributed by atoms with van der Waals surface area (Å²) in [6, 6.07) is 3.65. The summed E-state index contributed by atoms with van der Waals surface area (Å²) < 4.78 is 0. The Morgan fingerprint density at radius 2 is 2.35 bits per heavy atom. The monoisotopic (exact) mass is 251 g/mol. The third kappa shape index (κ3) is 3.12. The predicted molar refractivity (Wildman–Crippen MR) is 71.1 cm³/mol. The molecular weight excluding hydrogens is 234 g/mol. The molecule has 2 atom stereocenters. The van der Waals surface area contributed by atoms with Gasteiger partial charge in [0, 0.05) is 11.3 Å². The van der Waals surface area contributed by atoms with Crippen LogP contribution in [0.1, 0.15) is 29.8 Å². The van der Waals surface area contributed by atoms with E-state index in [4.69, 9.17) is 5.73 Å². The van der Waals surface area contributed by atoms with Crippen molar-refractivity contribution < 1.29 is 4.79 Å². The Morgan fingerprint density at radius 1 is 1.53 bits per heavy atom. The van der Waals surface area contributed by atoms with E-state index < -0.39 is 0 Å². The Kier molecular flexibility index (Phi) is 3.89. The number of hydrogen-bond donors (Lipinski definition) is 2. The van der Waals surface area contributed by atoms with Gasteiger partial charge < -0.3 is 11.1 Å². The number of nitrogens with one attached hydrogen (secondary N) is 1. The highest BCUT2D eigenvalue weighted by molar-refractivity contribution is 7.99. The maximum absolute atomic E-state index is 11.9. The molecule has 92 valence electrons. The predicted octanol–water partition coefficient (Wildman–Crippen LogP) is 1.68. The van der Waals surface area contributed by atoms with Gasteiger partial charge >= 0.3 is 0 Å². The van der Waals surface area contributed by atoms with E-state index in [2.05, 4.69) is 16.6 Å². The first-order valence-corrected chi connectivity index (χ1v) is 7.03. The maximum atomic E-state index is 11.9. The minimum Gasteiger partial charge on any atom is -0.397 e. The first-order chi connectivity index (χ1) is 8.19. The largest absolute Gasteiger partial charge is 0.397 e. The molecule has 1 heterocycles. The fourth-order valence-corrected chi connectivity index (χ4v) is 2.88. The number of nitrogens with two attached hydrogens (primary N) is 1. The van der Waals surface area contributed by atoms with Crippen LogP contribution in [0.15, 0.2) is 18.3 Å². The van der Waals surface area contributed by atoms with E-state index in [1.807, 2.05) is 11.8 Å². The molecule has 1 aromatic heterocycles. The van der Waals surface area contributed by atoms with Gasteiger partial charge in [-0.05, 0) is 37.7 Å². The Balaban J connectivity index is 1.91. The number of hydrogen-bond acceptors (Lipinski definition) is 4. The van der Waals surface area contributed by atoms with Gasteiger partial charge in [-0.3, -0.25) is 4.79 Å². The molecule has 1 amide bonds. The number of amides is 1. The van der Waals surface area contributed by atoms with Crippen LogP contribution in [-0.4, -0.2) is 28.4 Å². The first-order valence-electron chi connectivity index (χ1n) is 5.74. The molecule has 5 heteroatoms. The molecule has 0 spiro atoms. The lowest BCUT2D eigenvalue weighted by Crippen LogP contribution is -2.33. The number of thioether (sulfide) groups is 1. The molecule has 0 bridgehead atoms. The van der Waals surface area contributed by atoms with Crippen molar-refractivity contribution in [3.8, 4) is 0 Å². The van der Waals surface area contributed by atoms with Crippen LogP contribution >= 0.6 is 11.8 Å². The lowest BCUT2D eigenvalue weighted by Gasteiger charge is -2.12. The van der Waals surface area contributed by atoms with Crippen LogP contribution in [-0.2, 0) is 0 Å². The third-order valence-electron chi connectivity index (χ3n) is 3.07. The van der Waals surface area contributed by atoms with E-state index in [-0.39, 0.29) is 5.91 Å². The van der Waals surface area contributed by atoms with E-state index >= 15 is 0 Å². The van der Waals surface area contributed by atoms with E-state index in [0.717, 1.165) is 12.8 Å². The molecule has 1 aromatic rings. The number of pyridine rings is 1. The van der Waals surface area contributed by atoms with Crippen LogP contribution in [0.4, 0.5) is 5.69 Å². The maximum Gasteiger partial charge on any atom is 0.270 e. The van der Waals surface area contributed by atoms with E-state index in [1.54, 1.807) is 12.1 Å². The third-order valence-corrected chi connectivity index (χ3v) is 4.17. The van der Waals surface area contributed by atoms with Gasteiger partial charge in [0.2, 0.25) is 0 Å². The van der Waals surface area contributed by atoms with Crippen molar-refractivity contribution in [2.45, 2.75) is 30.6 Å². The van der Waals surface area contributed by atoms with Crippen LogP contribution < -0.4 is 11.1 Å². The lowest BCUT2D eigenvalue weighted by molar-refractivity contribution is 0.0933. The zero-order valence-corrected chi connectivity index (χ0v) is 10.7. The fourth-order valence-electron chi connectivity index (χ4n) is 2.08. The van der Waals surface area contributed by atoms with Crippen molar-refractivity contribution in [1.29, 1.82) is 0 Å². The minimum atomic E-state index is -0.100. The van der Waals surface area contributed by atoms with Gasteiger partial charge in [-0.2, -0.15) is 11.8 Å². The molecule has 1 saturated carbocycles. The second kappa shape index (κ2) is 5.40. The second-order valence-corrected chi connectivity index (χ2v) is 5.46. The summed E-state index contributed by atoms with van der Waals surface area (Å²) in [7, 11) is 0. The van der Waals surface area contributed by atoms with E-state index in [1.165, 1.54) is 12.6 Å². The Morgan fingerprint density at radius 3 is 2.94 bits per heavy atom. The normalized spacial score (nSPS) is 23.6. The van der Waals surface area contributed by atoms with Crippen LogP contribution in [0.3, 0.4) is 0 Å². The minimum absolute atomic E-state index is 0.100. The van der Waals surface area contributed by atoms with Crippen LogP contribution in [0.2, 0.25) is 0 Å². The number of nitrogens with zero attached hydrogens (tertiary/aromatic N) is 1. The standard InChI is InChI=1S/C12H17N3OS/c1-17-10-4-3-9(6-10)15-12(16)11-5-2-8(13)7-14-11/h2,5,7,9-10H,3-4,6,13H2,1H3,(H,15,16). The summed E-state index contributed by atoms with van der Waals surface area (Å²) in [6.07, 6.45) is 6.93. The van der Waals surface area contributed by atoms with Crippen LogP contribution in [0.5, 0.6) is 0 Å².